The van der Waals surface area contributed by atoms with Crippen molar-refractivity contribution in [3.8, 4) is 0 Å². The third-order valence-corrected chi connectivity index (χ3v) is 5.11. The van der Waals surface area contributed by atoms with Gasteiger partial charge < -0.3 is 10.6 Å². The average molecular weight is 337 g/mol. The highest BCUT2D eigenvalue weighted by Gasteiger charge is 2.31. The Bertz CT molecular complexity index is 490. The summed E-state index contributed by atoms with van der Waals surface area (Å²) < 4.78 is 0. The molecule has 0 bridgehead atoms. The molecule has 1 aromatic heterocycles. The molecule has 2 atom stereocenters. The van der Waals surface area contributed by atoms with Crippen LogP contribution in [0.2, 0.25) is 0 Å². The predicted octanol–water partition coefficient (Wildman–Crippen LogP) is 3.48. The van der Waals surface area contributed by atoms with Crippen molar-refractivity contribution in [2.45, 2.75) is 52.1 Å². The van der Waals surface area contributed by atoms with Crippen LogP contribution in [0, 0.1) is 5.92 Å². The molecule has 1 aliphatic heterocycles. The molecule has 1 fully saturated rings. The number of hydrogen-bond donors (Lipinski definition) is 2. The molecule has 0 aliphatic carbocycles. The van der Waals surface area contributed by atoms with Crippen LogP contribution in [0.5, 0.6) is 0 Å². The highest BCUT2D eigenvalue weighted by Crippen LogP contribution is 2.37. The zero-order chi connectivity index (χ0) is 16.9. The van der Waals surface area contributed by atoms with E-state index in [2.05, 4.69) is 67.8 Å². The molecular weight excluding hydrogens is 304 g/mol. The number of guanidine groups is 1. The number of piperidine rings is 1. The fourth-order valence-corrected chi connectivity index (χ4v) is 4.21. The van der Waals surface area contributed by atoms with E-state index < -0.39 is 0 Å². The second-order valence-electron chi connectivity index (χ2n) is 7.44. The van der Waals surface area contributed by atoms with E-state index in [4.69, 9.17) is 4.99 Å². The Morgan fingerprint density at radius 1 is 1.43 bits per heavy atom. The lowest BCUT2D eigenvalue weighted by Crippen LogP contribution is -2.48. The van der Waals surface area contributed by atoms with E-state index in [1.807, 2.05) is 11.3 Å². The van der Waals surface area contributed by atoms with Crippen molar-refractivity contribution in [2.75, 3.05) is 26.7 Å². The van der Waals surface area contributed by atoms with Gasteiger partial charge in [-0.2, -0.15) is 0 Å². The molecule has 0 aromatic carbocycles. The van der Waals surface area contributed by atoms with Crippen LogP contribution in [-0.4, -0.2) is 43.1 Å². The number of rotatable bonds is 4. The summed E-state index contributed by atoms with van der Waals surface area (Å²) in [5, 5.41) is 9.04. The molecule has 23 heavy (non-hydrogen) atoms. The zero-order valence-electron chi connectivity index (χ0n) is 15.2. The lowest BCUT2D eigenvalue weighted by molar-refractivity contribution is 0.128. The molecule has 0 radical (unpaired) electrons. The molecule has 5 heteroatoms. The van der Waals surface area contributed by atoms with Crippen LogP contribution in [0.3, 0.4) is 0 Å². The van der Waals surface area contributed by atoms with Crippen molar-refractivity contribution >= 4 is 17.3 Å². The number of nitrogens with one attached hydrogen (secondary N) is 2. The number of hydrogen-bond acceptors (Lipinski definition) is 3. The summed E-state index contributed by atoms with van der Waals surface area (Å²) in [5.41, 5.74) is 0.0253. The molecule has 2 unspecified atom stereocenters. The second kappa shape index (κ2) is 8.15. The molecule has 0 amide bonds. The first kappa shape index (κ1) is 18.3. The normalized spacial score (nSPS) is 23.8. The van der Waals surface area contributed by atoms with Crippen molar-refractivity contribution < 1.29 is 0 Å². The first-order chi connectivity index (χ1) is 10.9. The molecule has 2 N–H and O–H groups in total. The van der Waals surface area contributed by atoms with Gasteiger partial charge in [-0.05, 0) is 71.5 Å². The van der Waals surface area contributed by atoms with Gasteiger partial charge in [-0.25, -0.2) is 0 Å². The second-order valence-corrected chi connectivity index (χ2v) is 8.42. The highest BCUT2D eigenvalue weighted by molar-refractivity contribution is 7.10. The van der Waals surface area contributed by atoms with Gasteiger partial charge in [0.05, 0.1) is 0 Å². The van der Waals surface area contributed by atoms with E-state index in [9.17, 15) is 0 Å². The van der Waals surface area contributed by atoms with Crippen LogP contribution in [0.1, 0.15) is 51.5 Å². The van der Waals surface area contributed by atoms with Gasteiger partial charge in [-0.3, -0.25) is 9.89 Å². The van der Waals surface area contributed by atoms with Crippen molar-refractivity contribution in [3.05, 3.63) is 22.4 Å². The molecule has 1 aliphatic rings. The van der Waals surface area contributed by atoms with Crippen LogP contribution >= 0.6 is 11.3 Å². The third kappa shape index (κ3) is 5.50. The van der Waals surface area contributed by atoms with Crippen LogP contribution in [0.15, 0.2) is 22.5 Å². The van der Waals surface area contributed by atoms with Gasteiger partial charge in [-0.1, -0.05) is 6.07 Å². The van der Waals surface area contributed by atoms with Crippen LogP contribution in [0.25, 0.3) is 0 Å². The number of thiophene rings is 1. The average Bonchev–Trinajstić information content (AvgIpc) is 2.97. The molecule has 4 nitrogen and oxygen atoms in total. The summed E-state index contributed by atoms with van der Waals surface area (Å²) in [6, 6.07) is 4.94. The standard InChI is InChI=1S/C18H32N4S/c1-6-19-17(21-18(2,3)4)20-13-14-9-7-11-22(5)16(14)15-10-8-12-23-15/h8,10,12,14,16H,6-7,9,11,13H2,1-5H3,(H2,19,20,21). The van der Waals surface area contributed by atoms with E-state index in [0.717, 1.165) is 19.0 Å². The van der Waals surface area contributed by atoms with Crippen molar-refractivity contribution in [1.29, 1.82) is 0 Å². The maximum atomic E-state index is 4.89. The molecule has 2 rings (SSSR count). The van der Waals surface area contributed by atoms with Crippen molar-refractivity contribution in [3.63, 3.8) is 0 Å². The van der Waals surface area contributed by atoms with E-state index in [-0.39, 0.29) is 5.54 Å². The summed E-state index contributed by atoms with van der Waals surface area (Å²) in [6.45, 7) is 11.6. The topological polar surface area (TPSA) is 39.7 Å². The van der Waals surface area contributed by atoms with Gasteiger partial charge in [-0.15, -0.1) is 11.3 Å². The summed E-state index contributed by atoms with van der Waals surface area (Å²) in [4.78, 5) is 8.86. The number of nitrogens with zero attached hydrogens (tertiary/aromatic N) is 2. The first-order valence-corrected chi connectivity index (χ1v) is 9.59. The minimum absolute atomic E-state index is 0.0253. The first-order valence-electron chi connectivity index (χ1n) is 8.71. The van der Waals surface area contributed by atoms with Crippen molar-refractivity contribution in [2.24, 2.45) is 10.9 Å². The Labute approximate surface area is 145 Å². The third-order valence-electron chi connectivity index (χ3n) is 4.16. The summed E-state index contributed by atoms with van der Waals surface area (Å²) in [7, 11) is 2.25. The maximum Gasteiger partial charge on any atom is 0.191 e. The predicted molar refractivity (Wildman–Crippen MR) is 101 cm³/mol. The lowest BCUT2D eigenvalue weighted by atomic mass is 9.88. The van der Waals surface area contributed by atoms with E-state index in [1.165, 1.54) is 24.3 Å². The van der Waals surface area contributed by atoms with Crippen LogP contribution < -0.4 is 10.6 Å². The van der Waals surface area contributed by atoms with E-state index >= 15 is 0 Å². The maximum absolute atomic E-state index is 4.89. The van der Waals surface area contributed by atoms with Crippen LogP contribution in [0.4, 0.5) is 0 Å². The summed E-state index contributed by atoms with van der Waals surface area (Å²) >= 11 is 1.87. The Morgan fingerprint density at radius 2 is 2.22 bits per heavy atom. The Hall–Kier alpha value is -1.07. The zero-order valence-corrected chi connectivity index (χ0v) is 16.0. The van der Waals surface area contributed by atoms with Gasteiger partial charge in [0.2, 0.25) is 0 Å². The highest BCUT2D eigenvalue weighted by atomic mass is 32.1. The fraction of sp³-hybridized carbons (Fsp3) is 0.722. The summed E-state index contributed by atoms with van der Waals surface area (Å²) in [6.07, 6.45) is 2.52. The van der Waals surface area contributed by atoms with Crippen LogP contribution in [-0.2, 0) is 0 Å². The van der Waals surface area contributed by atoms with E-state index in [0.29, 0.717) is 12.0 Å². The molecule has 0 saturated carbocycles. The Morgan fingerprint density at radius 3 is 2.83 bits per heavy atom. The smallest absolute Gasteiger partial charge is 0.191 e. The largest absolute Gasteiger partial charge is 0.357 e. The quantitative estimate of drug-likeness (QED) is 0.653. The van der Waals surface area contributed by atoms with E-state index in [1.54, 1.807) is 0 Å². The van der Waals surface area contributed by atoms with Gasteiger partial charge in [0.15, 0.2) is 5.96 Å². The SMILES string of the molecule is CCNC(=NCC1CCCN(C)C1c1cccs1)NC(C)(C)C. The minimum Gasteiger partial charge on any atom is -0.357 e. The Kier molecular flexibility index (Phi) is 6.48. The molecule has 0 spiro atoms. The molecular formula is C18H32N4S. The molecule has 130 valence electrons. The fourth-order valence-electron chi connectivity index (χ4n) is 3.23. The van der Waals surface area contributed by atoms with Gasteiger partial charge in [0.25, 0.3) is 0 Å². The van der Waals surface area contributed by atoms with Gasteiger partial charge in [0, 0.05) is 29.5 Å². The number of aliphatic imine (C=N–C) groups is 1. The molecule has 1 aromatic rings. The summed E-state index contributed by atoms with van der Waals surface area (Å²) in [5.74, 6) is 1.51. The minimum atomic E-state index is 0.0253. The lowest BCUT2D eigenvalue weighted by Gasteiger charge is -2.38. The number of likely N-dealkylation sites (tertiary alicyclic amines) is 1. The molecule has 1 saturated heterocycles. The Balaban J connectivity index is 2.09. The van der Waals surface area contributed by atoms with Gasteiger partial charge in [0.1, 0.15) is 0 Å². The van der Waals surface area contributed by atoms with Gasteiger partial charge >= 0.3 is 0 Å². The molecule has 2 heterocycles. The van der Waals surface area contributed by atoms with Crippen molar-refractivity contribution in [1.82, 2.24) is 15.5 Å². The monoisotopic (exact) mass is 336 g/mol.